The van der Waals surface area contributed by atoms with Gasteiger partial charge in [0.2, 0.25) is 11.8 Å². The zero-order valence-corrected chi connectivity index (χ0v) is 14.5. The highest BCUT2D eigenvalue weighted by molar-refractivity contribution is 5.95. The van der Waals surface area contributed by atoms with Crippen LogP contribution in [0.2, 0.25) is 0 Å². The highest BCUT2D eigenvalue weighted by atomic mass is 16.5. The van der Waals surface area contributed by atoms with Gasteiger partial charge in [0.25, 0.3) is 0 Å². The molecule has 1 aromatic carbocycles. The molecule has 1 aromatic heterocycles. The predicted molar refractivity (Wildman–Crippen MR) is 93.6 cm³/mol. The minimum absolute atomic E-state index is 0.0712. The van der Waals surface area contributed by atoms with E-state index in [9.17, 15) is 9.59 Å². The average molecular weight is 346 g/mol. The smallest absolute Gasteiger partial charge is 0.239 e. The first-order chi connectivity index (χ1) is 12.0. The van der Waals surface area contributed by atoms with Crippen LogP contribution in [0.4, 0.5) is 11.5 Å². The predicted octanol–water partition coefficient (Wildman–Crippen LogP) is 1.89. The molecule has 2 aromatic rings. The van der Waals surface area contributed by atoms with Gasteiger partial charge >= 0.3 is 0 Å². The molecule has 8 nitrogen and oxygen atoms in total. The van der Waals surface area contributed by atoms with Crippen LogP contribution in [0.1, 0.15) is 12.7 Å². The van der Waals surface area contributed by atoms with E-state index in [4.69, 9.17) is 9.26 Å². The van der Waals surface area contributed by atoms with E-state index in [-0.39, 0.29) is 24.9 Å². The Balaban J connectivity index is 1.87. The molecule has 1 heterocycles. The maximum Gasteiger partial charge on any atom is 0.239 e. The number of likely N-dealkylation sites (N-methyl/N-ethyl adjacent to an activating group) is 1. The second-order valence-corrected chi connectivity index (χ2v) is 5.42. The number of anilines is 2. The van der Waals surface area contributed by atoms with Crippen molar-refractivity contribution in [1.82, 2.24) is 10.1 Å². The largest absolute Gasteiger partial charge is 0.495 e. The molecular formula is C17H22N4O4. The van der Waals surface area contributed by atoms with Gasteiger partial charge in [-0.15, -0.1) is 0 Å². The number of carbonyl (C=O) groups is 2. The van der Waals surface area contributed by atoms with Crippen molar-refractivity contribution < 1.29 is 18.8 Å². The Morgan fingerprint density at radius 3 is 2.48 bits per heavy atom. The molecule has 0 saturated heterocycles. The highest BCUT2D eigenvalue weighted by Crippen LogP contribution is 2.22. The molecule has 25 heavy (non-hydrogen) atoms. The van der Waals surface area contributed by atoms with Crippen LogP contribution in [0.25, 0.3) is 0 Å². The minimum Gasteiger partial charge on any atom is -0.495 e. The summed E-state index contributed by atoms with van der Waals surface area (Å²) < 4.78 is 10.1. The van der Waals surface area contributed by atoms with Crippen LogP contribution in [-0.2, 0) is 9.59 Å². The average Bonchev–Trinajstić information content (AvgIpc) is 2.99. The number of rotatable bonds is 8. The monoisotopic (exact) mass is 346 g/mol. The lowest BCUT2D eigenvalue weighted by atomic mass is 10.3. The number of aryl methyl sites for hydroxylation is 1. The quantitative estimate of drug-likeness (QED) is 0.758. The summed E-state index contributed by atoms with van der Waals surface area (Å²) in [4.78, 5) is 26.0. The lowest BCUT2D eigenvalue weighted by Gasteiger charge is -2.19. The van der Waals surface area contributed by atoms with Gasteiger partial charge in [0.15, 0.2) is 5.82 Å². The maximum absolute atomic E-state index is 12.2. The zero-order valence-electron chi connectivity index (χ0n) is 14.5. The van der Waals surface area contributed by atoms with Gasteiger partial charge in [0.1, 0.15) is 11.5 Å². The summed E-state index contributed by atoms with van der Waals surface area (Å²) in [6, 6.07) is 8.78. The number of amides is 2. The molecule has 2 N–H and O–H groups in total. The topological polar surface area (TPSA) is 96.7 Å². The van der Waals surface area contributed by atoms with Gasteiger partial charge in [0, 0.05) is 6.07 Å². The first kappa shape index (κ1) is 18.5. The first-order valence-electron chi connectivity index (χ1n) is 7.90. The fourth-order valence-electron chi connectivity index (χ4n) is 2.23. The van der Waals surface area contributed by atoms with Crippen molar-refractivity contribution in [2.45, 2.75) is 13.8 Å². The number of methoxy groups -OCH3 is 1. The Bertz CT molecular complexity index is 729. The van der Waals surface area contributed by atoms with Crippen LogP contribution in [0, 0.1) is 6.92 Å². The first-order valence-corrected chi connectivity index (χ1v) is 7.90. The Kier molecular flexibility index (Phi) is 6.53. The number of hydrogen-bond donors (Lipinski definition) is 2. The summed E-state index contributed by atoms with van der Waals surface area (Å²) >= 11 is 0. The van der Waals surface area contributed by atoms with Crippen LogP contribution >= 0.6 is 0 Å². The van der Waals surface area contributed by atoms with Crippen molar-refractivity contribution in [2.24, 2.45) is 0 Å². The molecule has 2 rings (SSSR count). The summed E-state index contributed by atoms with van der Waals surface area (Å²) in [5.41, 5.74) is 0.591. The molecule has 0 aliphatic rings. The van der Waals surface area contributed by atoms with Gasteiger partial charge in [-0.2, -0.15) is 0 Å². The number of para-hydroxylation sites is 2. The lowest BCUT2D eigenvalue weighted by molar-refractivity contribution is -0.119. The van der Waals surface area contributed by atoms with Gasteiger partial charge in [-0.05, 0) is 25.6 Å². The van der Waals surface area contributed by atoms with E-state index in [1.54, 1.807) is 37.1 Å². The molecule has 2 amide bonds. The molecule has 0 atom stereocenters. The Morgan fingerprint density at radius 1 is 1.20 bits per heavy atom. The Hall–Kier alpha value is -2.87. The second kappa shape index (κ2) is 8.84. The number of ether oxygens (including phenoxy) is 1. The highest BCUT2D eigenvalue weighted by Gasteiger charge is 2.15. The maximum atomic E-state index is 12.2. The van der Waals surface area contributed by atoms with E-state index in [0.717, 1.165) is 0 Å². The summed E-state index contributed by atoms with van der Waals surface area (Å²) in [6.07, 6.45) is 0. The van der Waals surface area contributed by atoms with E-state index in [2.05, 4.69) is 15.8 Å². The van der Waals surface area contributed by atoms with Gasteiger partial charge in [0.05, 0.1) is 25.9 Å². The lowest BCUT2D eigenvalue weighted by Crippen LogP contribution is -2.38. The van der Waals surface area contributed by atoms with Gasteiger partial charge in [-0.3, -0.25) is 14.5 Å². The van der Waals surface area contributed by atoms with E-state index in [0.29, 0.717) is 29.6 Å². The van der Waals surface area contributed by atoms with Crippen molar-refractivity contribution in [3.05, 3.63) is 36.1 Å². The van der Waals surface area contributed by atoms with Crippen molar-refractivity contribution in [1.29, 1.82) is 0 Å². The second-order valence-electron chi connectivity index (χ2n) is 5.42. The molecule has 134 valence electrons. The minimum atomic E-state index is -0.264. The molecule has 0 aliphatic carbocycles. The molecule has 0 saturated carbocycles. The zero-order chi connectivity index (χ0) is 18.2. The normalized spacial score (nSPS) is 10.6. The van der Waals surface area contributed by atoms with E-state index >= 15 is 0 Å². The van der Waals surface area contributed by atoms with Gasteiger partial charge in [-0.25, -0.2) is 0 Å². The van der Waals surface area contributed by atoms with E-state index in [1.807, 2.05) is 19.1 Å². The van der Waals surface area contributed by atoms with Crippen LogP contribution in [0.15, 0.2) is 34.9 Å². The fraction of sp³-hybridized carbons (Fsp3) is 0.353. The van der Waals surface area contributed by atoms with Crippen molar-refractivity contribution in [3.63, 3.8) is 0 Å². The third-order valence-corrected chi connectivity index (χ3v) is 3.46. The third-order valence-electron chi connectivity index (χ3n) is 3.46. The summed E-state index contributed by atoms with van der Waals surface area (Å²) in [7, 11) is 1.54. The molecule has 0 bridgehead atoms. The molecule has 0 fully saturated rings. The molecule has 0 unspecified atom stereocenters. The van der Waals surface area contributed by atoms with Crippen LogP contribution in [-0.4, -0.2) is 48.6 Å². The SMILES string of the molecule is CCN(CC(=O)Nc1cc(C)on1)CC(=O)Nc1ccccc1OC. The number of aromatic nitrogens is 1. The van der Waals surface area contributed by atoms with Crippen molar-refractivity contribution in [2.75, 3.05) is 37.4 Å². The van der Waals surface area contributed by atoms with Gasteiger partial charge < -0.3 is 19.9 Å². The molecule has 0 radical (unpaired) electrons. The van der Waals surface area contributed by atoms with Gasteiger partial charge in [-0.1, -0.05) is 24.2 Å². The number of nitrogens with one attached hydrogen (secondary N) is 2. The van der Waals surface area contributed by atoms with E-state index in [1.165, 1.54) is 0 Å². The standard InChI is InChI=1S/C17H22N4O4/c1-4-21(11-17(23)19-15-9-12(2)25-20-15)10-16(22)18-13-7-5-6-8-14(13)24-3/h5-9H,4,10-11H2,1-3H3,(H,18,22)(H,19,20,23). The number of benzene rings is 1. The summed E-state index contributed by atoms with van der Waals surface area (Å²) in [5.74, 6) is 1.06. The number of nitrogens with zero attached hydrogens (tertiary/aromatic N) is 2. The molecular weight excluding hydrogens is 324 g/mol. The van der Waals surface area contributed by atoms with Crippen LogP contribution in [0.5, 0.6) is 5.75 Å². The van der Waals surface area contributed by atoms with E-state index < -0.39 is 0 Å². The molecule has 0 spiro atoms. The number of hydrogen-bond acceptors (Lipinski definition) is 6. The fourth-order valence-corrected chi connectivity index (χ4v) is 2.23. The summed E-state index contributed by atoms with van der Waals surface area (Å²) in [6.45, 7) is 4.32. The van der Waals surface area contributed by atoms with Crippen molar-refractivity contribution >= 4 is 23.3 Å². The Labute approximate surface area is 146 Å². The molecule has 8 heteroatoms. The summed E-state index contributed by atoms with van der Waals surface area (Å²) in [5, 5.41) is 9.13. The van der Waals surface area contributed by atoms with Crippen LogP contribution < -0.4 is 15.4 Å². The Morgan fingerprint density at radius 2 is 1.88 bits per heavy atom. The molecule has 0 aliphatic heterocycles. The van der Waals surface area contributed by atoms with Crippen LogP contribution in [0.3, 0.4) is 0 Å². The number of carbonyl (C=O) groups excluding carboxylic acids is 2. The van der Waals surface area contributed by atoms with Crippen molar-refractivity contribution in [3.8, 4) is 5.75 Å². The third kappa shape index (κ3) is 5.61.